The highest BCUT2D eigenvalue weighted by atomic mass is 16.3. The summed E-state index contributed by atoms with van der Waals surface area (Å²) < 4.78 is 2.24. The molecule has 134 valence electrons. The van der Waals surface area contributed by atoms with Gasteiger partial charge in [-0.1, -0.05) is 13.3 Å². The summed E-state index contributed by atoms with van der Waals surface area (Å²) in [6.45, 7) is 6.49. The van der Waals surface area contributed by atoms with E-state index >= 15 is 0 Å². The van der Waals surface area contributed by atoms with Gasteiger partial charge in [0.1, 0.15) is 11.6 Å². The predicted molar refractivity (Wildman–Crippen MR) is 97.9 cm³/mol. The molecule has 1 aliphatic rings. The first kappa shape index (κ1) is 17.5. The number of likely N-dealkylation sites (tertiary alicyclic amines) is 1. The highest BCUT2D eigenvalue weighted by molar-refractivity contribution is 5.94. The number of unbranched alkanes of at least 4 members (excludes halogenated alkanes) is 1. The lowest BCUT2D eigenvalue weighted by atomic mass is 9.96. The van der Waals surface area contributed by atoms with Gasteiger partial charge in [-0.2, -0.15) is 0 Å². The van der Waals surface area contributed by atoms with Gasteiger partial charge in [-0.25, -0.2) is 4.98 Å². The SMILES string of the molecule is CCCCn1ccnc1[C@H]1CCCN(C(=O)c2ccc(O)c(C)c2)C1. The largest absolute Gasteiger partial charge is 0.508 e. The van der Waals surface area contributed by atoms with Crippen molar-refractivity contribution in [3.05, 3.63) is 47.5 Å². The number of rotatable bonds is 5. The van der Waals surface area contributed by atoms with Crippen LogP contribution in [0.4, 0.5) is 0 Å². The van der Waals surface area contributed by atoms with Crippen molar-refractivity contribution >= 4 is 5.91 Å². The Bertz CT molecular complexity index is 738. The van der Waals surface area contributed by atoms with E-state index in [0.717, 1.165) is 50.2 Å². The molecule has 0 unspecified atom stereocenters. The van der Waals surface area contributed by atoms with Gasteiger partial charge in [0.25, 0.3) is 5.91 Å². The van der Waals surface area contributed by atoms with Crippen molar-refractivity contribution in [3.63, 3.8) is 0 Å². The average molecular weight is 341 g/mol. The van der Waals surface area contributed by atoms with Crippen molar-refractivity contribution in [2.24, 2.45) is 0 Å². The molecule has 3 rings (SSSR count). The first-order valence-corrected chi connectivity index (χ1v) is 9.20. The van der Waals surface area contributed by atoms with Gasteiger partial charge in [0.05, 0.1) is 0 Å². The first-order valence-electron chi connectivity index (χ1n) is 9.20. The number of piperidine rings is 1. The van der Waals surface area contributed by atoms with Crippen LogP contribution in [-0.4, -0.2) is 38.6 Å². The second-order valence-corrected chi connectivity index (χ2v) is 6.92. The normalized spacial score (nSPS) is 17.7. The molecule has 0 bridgehead atoms. The zero-order chi connectivity index (χ0) is 17.8. The second kappa shape index (κ2) is 7.72. The molecule has 2 heterocycles. The number of phenols is 1. The zero-order valence-corrected chi connectivity index (χ0v) is 15.1. The van der Waals surface area contributed by atoms with Crippen molar-refractivity contribution in [1.82, 2.24) is 14.5 Å². The fraction of sp³-hybridized carbons (Fsp3) is 0.500. The van der Waals surface area contributed by atoms with E-state index in [1.807, 2.05) is 18.0 Å². The lowest BCUT2D eigenvalue weighted by molar-refractivity contribution is 0.0703. The van der Waals surface area contributed by atoms with Crippen molar-refractivity contribution in [2.45, 2.75) is 52.0 Å². The molecular weight excluding hydrogens is 314 g/mol. The Hall–Kier alpha value is -2.30. The maximum absolute atomic E-state index is 12.9. The van der Waals surface area contributed by atoms with Gasteiger partial charge in [0.15, 0.2) is 0 Å². The smallest absolute Gasteiger partial charge is 0.253 e. The Labute approximate surface area is 149 Å². The summed E-state index contributed by atoms with van der Waals surface area (Å²) in [7, 11) is 0. The highest BCUT2D eigenvalue weighted by Crippen LogP contribution is 2.27. The number of amides is 1. The van der Waals surface area contributed by atoms with Crippen LogP contribution in [0.3, 0.4) is 0 Å². The van der Waals surface area contributed by atoms with Crippen LogP contribution in [0, 0.1) is 6.92 Å². The highest BCUT2D eigenvalue weighted by Gasteiger charge is 2.28. The minimum absolute atomic E-state index is 0.0412. The molecule has 5 heteroatoms. The molecule has 0 saturated carbocycles. The second-order valence-electron chi connectivity index (χ2n) is 6.92. The third kappa shape index (κ3) is 3.86. The molecule has 1 aromatic heterocycles. The lowest BCUT2D eigenvalue weighted by Crippen LogP contribution is -2.39. The maximum Gasteiger partial charge on any atom is 0.253 e. The molecule has 1 atom stereocenters. The number of phenolic OH excluding ortho intramolecular Hbond substituents is 1. The Balaban J connectivity index is 1.73. The Morgan fingerprint density at radius 2 is 2.24 bits per heavy atom. The van der Waals surface area contributed by atoms with E-state index in [4.69, 9.17) is 0 Å². The van der Waals surface area contributed by atoms with Gasteiger partial charge in [0.2, 0.25) is 0 Å². The summed E-state index contributed by atoms with van der Waals surface area (Å²) in [4.78, 5) is 19.4. The van der Waals surface area contributed by atoms with Gasteiger partial charge >= 0.3 is 0 Å². The number of aromatic nitrogens is 2. The van der Waals surface area contributed by atoms with Crippen molar-refractivity contribution in [3.8, 4) is 5.75 Å². The molecule has 1 saturated heterocycles. The van der Waals surface area contributed by atoms with Crippen molar-refractivity contribution in [2.75, 3.05) is 13.1 Å². The topological polar surface area (TPSA) is 58.4 Å². The number of benzene rings is 1. The Morgan fingerprint density at radius 1 is 1.40 bits per heavy atom. The van der Waals surface area contributed by atoms with E-state index in [2.05, 4.69) is 22.7 Å². The molecule has 1 fully saturated rings. The minimum atomic E-state index is 0.0412. The monoisotopic (exact) mass is 341 g/mol. The Kier molecular flexibility index (Phi) is 5.41. The molecular formula is C20H27N3O2. The van der Waals surface area contributed by atoms with E-state index < -0.39 is 0 Å². The summed E-state index contributed by atoms with van der Waals surface area (Å²) in [5.41, 5.74) is 1.37. The fourth-order valence-corrected chi connectivity index (χ4v) is 3.54. The number of carbonyl (C=O) groups excluding carboxylic acids is 1. The molecule has 5 nitrogen and oxygen atoms in total. The van der Waals surface area contributed by atoms with Gasteiger partial charge in [-0.05, 0) is 49.9 Å². The van der Waals surface area contributed by atoms with E-state index in [1.54, 1.807) is 18.2 Å². The molecule has 0 aliphatic carbocycles. The molecule has 0 radical (unpaired) electrons. The lowest BCUT2D eigenvalue weighted by Gasteiger charge is -2.33. The molecule has 25 heavy (non-hydrogen) atoms. The van der Waals surface area contributed by atoms with Crippen LogP contribution in [-0.2, 0) is 6.54 Å². The summed E-state index contributed by atoms with van der Waals surface area (Å²) in [5.74, 6) is 1.67. The number of hydrogen-bond donors (Lipinski definition) is 1. The molecule has 2 aromatic rings. The number of imidazole rings is 1. The predicted octanol–water partition coefficient (Wildman–Crippen LogP) is 3.72. The van der Waals surface area contributed by atoms with Crippen molar-refractivity contribution < 1.29 is 9.90 Å². The quantitative estimate of drug-likeness (QED) is 0.902. The van der Waals surface area contributed by atoms with Crippen LogP contribution in [0.25, 0.3) is 0 Å². The van der Waals surface area contributed by atoms with Gasteiger partial charge in [-0.3, -0.25) is 4.79 Å². The number of carbonyl (C=O) groups is 1. The van der Waals surface area contributed by atoms with Crippen LogP contribution >= 0.6 is 0 Å². The van der Waals surface area contributed by atoms with Gasteiger partial charge in [0, 0.05) is 43.5 Å². The van der Waals surface area contributed by atoms with Crippen LogP contribution in [0.2, 0.25) is 0 Å². The summed E-state index contributed by atoms with van der Waals surface area (Å²) in [6.07, 6.45) is 8.29. The maximum atomic E-state index is 12.9. The van der Waals surface area contributed by atoms with Crippen LogP contribution in [0.15, 0.2) is 30.6 Å². The fourth-order valence-electron chi connectivity index (χ4n) is 3.54. The van der Waals surface area contributed by atoms with Crippen LogP contribution < -0.4 is 0 Å². The number of aromatic hydroxyl groups is 1. The van der Waals surface area contributed by atoms with E-state index in [0.29, 0.717) is 18.0 Å². The average Bonchev–Trinajstić information content (AvgIpc) is 3.10. The summed E-state index contributed by atoms with van der Waals surface area (Å²) >= 11 is 0. The number of aryl methyl sites for hydroxylation is 2. The summed E-state index contributed by atoms with van der Waals surface area (Å²) in [6, 6.07) is 5.07. The third-order valence-corrected chi connectivity index (χ3v) is 5.02. The summed E-state index contributed by atoms with van der Waals surface area (Å²) in [5, 5.41) is 9.67. The standard InChI is InChI=1S/C20H27N3O2/c1-3-4-10-22-12-9-21-19(22)17-6-5-11-23(14-17)20(25)16-7-8-18(24)15(2)13-16/h7-9,12-13,17,24H,3-6,10-11,14H2,1-2H3/t17-/m0/s1. The van der Waals surface area contributed by atoms with Gasteiger partial charge < -0.3 is 14.6 Å². The molecule has 1 aromatic carbocycles. The minimum Gasteiger partial charge on any atom is -0.508 e. The van der Waals surface area contributed by atoms with Gasteiger partial charge in [-0.15, -0.1) is 0 Å². The molecule has 1 amide bonds. The van der Waals surface area contributed by atoms with E-state index in [1.165, 1.54) is 0 Å². The Morgan fingerprint density at radius 3 is 3.00 bits per heavy atom. The molecule has 1 aliphatic heterocycles. The molecule has 1 N–H and O–H groups in total. The first-order chi connectivity index (χ1) is 12.1. The van der Waals surface area contributed by atoms with Crippen LogP contribution in [0.5, 0.6) is 5.75 Å². The van der Waals surface area contributed by atoms with E-state index in [9.17, 15) is 9.90 Å². The number of nitrogens with zero attached hydrogens (tertiary/aromatic N) is 3. The number of hydrogen-bond acceptors (Lipinski definition) is 3. The van der Waals surface area contributed by atoms with E-state index in [-0.39, 0.29) is 11.7 Å². The third-order valence-electron chi connectivity index (χ3n) is 5.02. The van der Waals surface area contributed by atoms with Crippen molar-refractivity contribution in [1.29, 1.82) is 0 Å². The zero-order valence-electron chi connectivity index (χ0n) is 15.1. The molecule has 0 spiro atoms. The van der Waals surface area contributed by atoms with Crippen LogP contribution in [0.1, 0.15) is 60.3 Å².